The lowest BCUT2D eigenvalue weighted by atomic mass is 10.1. The first kappa shape index (κ1) is 15.4. The highest BCUT2D eigenvalue weighted by Crippen LogP contribution is 2.34. The van der Waals surface area contributed by atoms with E-state index in [4.69, 9.17) is 4.52 Å². The molecule has 4 aromatic rings. The van der Waals surface area contributed by atoms with Crippen molar-refractivity contribution >= 4 is 10.9 Å². The van der Waals surface area contributed by atoms with Gasteiger partial charge in [0.1, 0.15) is 5.82 Å². The van der Waals surface area contributed by atoms with E-state index in [0.29, 0.717) is 11.6 Å². The maximum absolute atomic E-state index is 13.4. The number of nitrogens with one attached hydrogen (secondary N) is 1. The molecule has 4 rings (SSSR count). The molecule has 0 radical (unpaired) electrons. The molecule has 1 N–H and O–H groups in total. The number of H-pyrrole nitrogens is 1. The lowest BCUT2D eigenvalue weighted by molar-refractivity contribution is -0.139. The molecule has 0 aliphatic heterocycles. The molecular formula is C17H9F4N3O. The Morgan fingerprint density at radius 1 is 1.04 bits per heavy atom. The highest BCUT2D eigenvalue weighted by molar-refractivity contribution is 5.93. The highest BCUT2D eigenvalue weighted by Gasteiger charge is 2.34. The third kappa shape index (κ3) is 2.65. The minimum Gasteiger partial charge on any atom is -0.361 e. The number of benzene rings is 2. The van der Waals surface area contributed by atoms with Gasteiger partial charge in [-0.25, -0.2) is 4.39 Å². The Bertz CT molecular complexity index is 1070. The number of halogens is 4. The first-order chi connectivity index (χ1) is 11.9. The number of nitrogens with zero attached hydrogens (tertiary/aromatic N) is 2. The number of hydrogen-bond donors (Lipinski definition) is 1. The van der Waals surface area contributed by atoms with Crippen molar-refractivity contribution in [1.29, 1.82) is 0 Å². The number of fused-ring (bicyclic) bond motifs is 1. The van der Waals surface area contributed by atoms with Crippen molar-refractivity contribution in [3.8, 4) is 22.8 Å². The van der Waals surface area contributed by atoms with Gasteiger partial charge in [0.05, 0.1) is 5.56 Å². The average molecular weight is 347 g/mol. The normalized spacial score (nSPS) is 12.0. The average Bonchev–Trinajstić information content (AvgIpc) is 3.23. The van der Waals surface area contributed by atoms with Gasteiger partial charge in [-0.15, -0.1) is 0 Å². The summed E-state index contributed by atoms with van der Waals surface area (Å²) in [5.74, 6) is -1.24. The molecule has 0 atom stereocenters. The summed E-state index contributed by atoms with van der Waals surface area (Å²) < 4.78 is 57.0. The summed E-state index contributed by atoms with van der Waals surface area (Å²) in [5.41, 5.74) is 0.156. The molecule has 2 heterocycles. The fourth-order valence-electron chi connectivity index (χ4n) is 2.61. The van der Waals surface area contributed by atoms with Crippen LogP contribution in [0.4, 0.5) is 17.6 Å². The summed E-state index contributed by atoms with van der Waals surface area (Å²) in [6.07, 6.45) is -3.05. The zero-order chi connectivity index (χ0) is 17.6. The molecule has 8 heteroatoms. The van der Waals surface area contributed by atoms with Crippen LogP contribution in [0.15, 0.2) is 53.2 Å². The molecule has 2 aromatic heterocycles. The lowest BCUT2D eigenvalue weighted by Crippen LogP contribution is -2.08. The van der Waals surface area contributed by atoms with Crippen molar-refractivity contribution in [2.45, 2.75) is 6.18 Å². The van der Waals surface area contributed by atoms with Gasteiger partial charge in [-0.2, -0.15) is 18.2 Å². The lowest BCUT2D eigenvalue weighted by Gasteiger charge is -2.08. The van der Waals surface area contributed by atoms with Gasteiger partial charge < -0.3 is 9.51 Å². The van der Waals surface area contributed by atoms with Crippen LogP contribution in [-0.2, 0) is 6.18 Å². The van der Waals surface area contributed by atoms with Crippen molar-refractivity contribution in [3.63, 3.8) is 0 Å². The predicted octanol–water partition coefficient (Wildman–Crippen LogP) is 5.04. The van der Waals surface area contributed by atoms with Crippen molar-refractivity contribution < 1.29 is 22.1 Å². The molecule has 0 unspecified atom stereocenters. The molecular weight excluding hydrogens is 338 g/mol. The van der Waals surface area contributed by atoms with Crippen molar-refractivity contribution in [2.75, 3.05) is 0 Å². The van der Waals surface area contributed by atoms with Crippen LogP contribution in [0.2, 0.25) is 0 Å². The Hall–Kier alpha value is -3.16. The number of hydrogen-bond acceptors (Lipinski definition) is 3. The number of rotatable bonds is 2. The van der Waals surface area contributed by atoms with E-state index in [0.717, 1.165) is 17.0 Å². The van der Waals surface area contributed by atoms with Crippen LogP contribution >= 0.6 is 0 Å². The third-order valence-electron chi connectivity index (χ3n) is 3.78. The van der Waals surface area contributed by atoms with Gasteiger partial charge in [0.25, 0.3) is 5.89 Å². The van der Waals surface area contributed by atoms with Crippen LogP contribution in [0.25, 0.3) is 33.7 Å². The summed E-state index contributed by atoms with van der Waals surface area (Å²) in [4.78, 5) is 7.20. The number of aromatic amines is 1. The fraction of sp³-hybridized carbons (Fsp3) is 0.0588. The Kier molecular flexibility index (Phi) is 3.34. The van der Waals surface area contributed by atoms with Crippen LogP contribution in [0.3, 0.4) is 0 Å². The van der Waals surface area contributed by atoms with Crippen molar-refractivity contribution in [3.05, 3.63) is 60.0 Å². The van der Waals surface area contributed by atoms with E-state index in [9.17, 15) is 17.6 Å². The molecule has 0 bridgehead atoms. The predicted molar refractivity (Wildman–Crippen MR) is 82.0 cm³/mol. The van der Waals surface area contributed by atoms with E-state index < -0.39 is 17.6 Å². The molecule has 0 fully saturated rings. The molecule has 0 saturated heterocycles. The van der Waals surface area contributed by atoms with Gasteiger partial charge in [0.2, 0.25) is 5.82 Å². The molecule has 4 nitrogen and oxygen atoms in total. The zero-order valence-electron chi connectivity index (χ0n) is 12.4. The molecule has 0 spiro atoms. The maximum atomic E-state index is 13.4. The molecule has 2 aromatic carbocycles. The SMILES string of the molecule is Fc1ccc(-c2nc(-c3cccc4[nH]ccc34)no2)cc1C(F)(F)F. The largest absolute Gasteiger partial charge is 0.419 e. The maximum Gasteiger partial charge on any atom is 0.419 e. The van der Waals surface area contributed by atoms with Gasteiger partial charge >= 0.3 is 6.18 Å². The van der Waals surface area contributed by atoms with Gasteiger partial charge in [-0.3, -0.25) is 0 Å². The highest BCUT2D eigenvalue weighted by atomic mass is 19.4. The summed E-state index contributed by atoms with van der Waals surface area (Å²) in [5, 5.41) is 4.68. The van der Waals surface area contributed by atoms with Crippen molar-refractivity contribution in [2.24, 2.45) is 0 Å². The van der Waals surface area contributed by atoms with Crippen LogP contribution in [0.5, 0.6) is 0 Å². The molecule has 126 valence electrons. The molecule has 0 saturated carbocycles. The van der Waals surface area contributed by atoms with Gasteiger partial charge in [0, 0.05) is 28.2 Å². The quantitative estimate of drug-likeness (QED) is 0.517. The Balaban J connectivity index is 1.79. The smallest absolute Gasteiger partial charge is 0.361 e. The molecule has 25 heavy (non-hydrogen) atoms. The second-order valence-corrected chi connectivity index (χ2v) is 5.36. The van der Waals surface area contributed by atoms with Crippen LogP contribution in [0.1, 0.15) is 5.56 Å². The van der Waals surface area contributed by atoms with Crippen LogP contribution in [-0.4, -0.2) is 15.1 Å². The van der Waals surface area contributed by atoms with Crippen LogP contribution in [0, 0.1) is 5.82 Å². The topological polar surface area (TPSA) is 54.7 Å². The summed E-state index contributed by atoms with van der Waals surface area (Å²) in [6, 6.07) is 9.83. The minimum absolute atomic E-state index is 0.00582. The van der Waals surface area contributed by atoms with Crippen molar-refractivity contribution in [1.82, 2.24) is 15.1 Å². The Labute approximate surface area is 138 Å². The first-order valence-electron chi connectivity index (χ1n) is 7.21. The monoisotopic (exact) mass is 347 g/mol. The van der Waals surface area contributed by atoms with E-state index in [1.54, 1.807) is 18.3 Å². The minimum atomic E-state index is -4.81. The second kappa shape index (κ2) is 5.44. The molecule has 0 aliphatic rings. The van der Waals surface area contributed by atoms with E-state index in [1.165, 1.54) is 6.07 Å². The fourth-order valence-corrected chi connectivity index (χ4v) is 2.61. The van der Waals surface area contributed by atoms with Gasteiger partial charge in [-0.1, -0.05) is 17.3 Å². The molecule has 0 aliphatic carbocycles. The van der Waals surface area contributed by atoms with Crippen LogP contribution < -0.4 is 0 Å². The summed E-state index contributed by atoms with van der Waals surface area (Å²) in [6.45, 7) is 0. The van der Waals surface area contributed by atoms with E-state index >= 15 is 0 Å². The zero-order valence-corrected chi connectivity index (χ0v) is 12.4. The van der Waals surface area contributed by atoms with E-state index in [-0.39, 0.29) is 17.3 Å². The summed E-state index contributed by atoms with van der Waals surface area (Å²) >= 11 is 0. The Morgan fingerprint density at radius 3 is 2.68 bits per heavy atom. The number of aromatic nitrogens is 3. The van der Waals surface area contributed by atoms with E-state index in [1.807, 2.05) is 12.1 Å². The first-order valence-corrected chi connectivity index (χ1v) is 7.21. The van der Waals surface area contributed by atoms with E-state index in [2.05, 4.69) is 15.1 Å². The Morgan fingerprint density at radius 2 is 1.88 bits per heavy atom. The third-order valence-corrected chi connectivity index (χ3v) is 3.78. The van der Waals surface area contributed by atoms with Gasteiger partial charge in [-0.05, 0) is 30.3 Å². The number of alkyl halides is 3. The standard InChI is InChI=1S/C17H9F4N3O/c18-13-5-4-9(8-12(13)17(19,20)21)16-23-15(24-25-16)11-2-1-3-14-10(11)6-7-22-14/h1-8,22H. The molecule has 0 amide bonds. The summed E-state index contributed by atoms with van der Waals surface area (Å²) in [7, 11) is 0. The van der Waals surface area contributed by atoms with Gasteiger partial charge in [0.15, 0.2) is 0 Å². The second-order valence-electron chi connectivity index (χ2n) is 5.36.